The van der Waals surface area contributed by atoms with Gasteiger partial charge in [-0.3, -0.25) is 0 Å². The van der Waals surface area contributed by atoms with Crippen LogP contribution in [0.5, 0.6) is 0 Å². The van der Waals surface area contributed by atoms with E-state index in [9.17, 15) is 0 Å². The minimum absolute atomic E-state index is 0.951. The Hall–Kier alpha value is 0.0500. The minimum Gasteiger partial charge on any atom is -0.175 e. The van der Waals surface area contributed by atoms with Gasteiger partial charge in [0.1, 0.15) is 0 Å². The van der Waals surface area contributed by atoms with E-state index in [0.29, 0.717) is 0 Å². The molecule has 10 heavy (non-hydrogen) atoms. The summed E-state index contributed by atoms with van der Waals surface area (Å²) in [6.07, 6.45) is 5.70. The summed E-state index contributed by atoms with van der Waals surface area (Å²) in [7, 11) is 0. The van der Waals surface area contributed by atoms with Crippen LogP contribution in [0.1, 0.15) is 26.2 Å². The molecule has 0 rings (SSSR count). The third kappa shape index (κ3) is 8.05. The molecule has 1 nitrogen and oxygen atoms in total. The van der Waals surface area contributed by atoms with Crippen molar-refractivity contribution in [2.75, 3.05) is 12.3 Å². The molecule has 0 unspecified atom stereocenters. The zero-order valence-electron chi connectivity index (χ0n) is 6.68. The topological polar surface area (TPSA) is 14.1 Å². The van der Waals surface area contributed by atoms with Crippen LogP contribution in [-0.2, 0) is 0 Å². The van der Waals surface area contributed by atoms with Gasteiger partial charge < -0.3 is 0 Å². The van der Waals surface area contributed by atoms with Gasteiger partial charge in [-0.05, 0) is 6.42 Å². The second-order valence-corrected chi connectivity index (χ2v) is 2.99. The maximum Gasteiger partial charge on any atom is 0.0272 e. The molecule has 0 aliphatic carbocycles. The predicted octanol–water partition coefficient (Wildman–Crippen LogP) is 2.62. The molecule has 59 valence electrons. The Morgan fingerprint density at radius 1 is 1.50 bits per heavy atom. The Morgan fingerprint density at radius 2 is 2.30 bits per heavy atom. The lowest BCUT2D eigenvalue weighted by molar-refractivity contribution is 0.705. The fraction of sp³-hybridized carbons (Fsp3) is 0.750. The van der Waals surface area contributed by atoms with Crippen molar-refractivity contribution < 1.29 is 0 Å². The molecule has 0 spiro atoms. The molecule has 0 aliphatic heterocycles. The van der Waals surface area contributed by atoms with E-state index >= 15 is 0 Å². The largest absolute Gasteiger partial charge is 0.175 e. The standard InChI is InChI=1S/C8H16NS/c1-3-5-6-7-9-10-8-4-2/h4H,2-3,5-8H2,1H3. The quantitative estimate of drug-likeness (QED) is 0.315. The molecule has 0 saturated carbocycles. The molecule has 0 bridgehead atoms. The molecule has 0 aromatic carbocycles. The summed E-state index contributed by atoms with van der Waals surface area (Å²) >= 11 is 1.61. The zero-order chi connectivity index (χ0) is 7.66. The maximum atomic E-state index is 4.24. The van der Waals surface area contributed by atoms with Gasteiger partial charge in [0.25, 0.3) is 0 Å². The normalized spacial score (nSPS) is 9.70. The van der Waals surface area contributed by atoms with Crippen molar-refractivity contribution in [3.63, 3.8) is 0 Å². The summed E-state index contributed by atoms with van der Waals surface area (Å²) in [4.78, 5) is 0. The van der Waals surface area contributed by atoms with Gasteiger partial charge in [0.05, 0.1) is 0 Å². The molecule has 0 fully saturated rings. The summed E-state index contributed by atoms with van der Waals surface area (Å²) < 4.78 is 4.24. The highest BCUT2D eigenvalue weighted by molar-refractivity contribution is 7.97. The van der Waals surface area contributed by atoms with Crippen molar-refractivity contribution in [1.29, 1.82) is 0 Å². The summed E-state index contributed by atoms with van der Waals surface area (Å²) in [5.74, 6) is 0.951. The number of hydrogen-bond acceptors (Lipinski definition) is 1. The first-order chi connectivity index (χ1) is 4.91. The highest BCUT2D eigenvalue weighted by Gasteiger charge is 1.86. The van der Waals surface area contributed by atoms with Gasteiger partial charge >= 0.3 is 0 Å². The Morgan fingerprint density at radius 3 is 2.90 bits per heavy atom. The molecule has 1 radical (unpaired) electrons. The SMILES string of the molecule is C=CCS[N]CCCCC. The van der Waals surface area contributed by atoms with E-state index in [1.807, 2.05) is 6.08 Å². The molecule has 0 heterocycles. The van der Waals surface area contributed by atoms with Gasteiger partial charge in [-0.25, -0.2) is 0 Å². The van der Waals surface area contributed by atoms with E-state index < -0.39 is 0 Å². The van der Waals surface area contributed by atoms with Crippen LogP contribution in [0.2, 0.25) is 0 Å². The average Bonchev–Trinajstić information content (AvgIpc) is 1.97. The van der Waals surface area contributed by atoms with Crippen LogP contribution in [0, 0.1) is 0 Å². The Labute approximate surface area is 68.4 Å². The molecule has 0 aromatic heterocycles. The van der Waals surface area contributed by atoms with Crippen molar-refractivity contribution in [3.8, 4) is 0 Å². The average molecular weight is 158 g/mol. The molecule has 0 N–H and O–H groups in total. The van der Waals surface area contributed by atoms with Gasteiger partial charge in [0.15, 0.2) is 0 Å². The van der Waals surface area contributed by atoms with E-state index in [2.05, 4.69) is 18.2 Å². The van der Waals surface area contributed by atoms with Crippen molar-refractivity contribution in [1.82, 2.24) is 4.72 Å². The van der Waals surface area contributed by atoms with Crippen molar-refractivity contribution in [2.45, 2.75) is 26.2 Å². The van der Waals surface area contributed by atoms with E-state index in [1.165, 1.54) is 19.3 Å². The summed E-state index contributed by atoms with van der Waals surface area (Å²) in [6, 6.07) is 0. The van der Waals surface area contributed by atoms with Crippen LogP contribution in [-0.4, -0.2) is 12.3 Å². The van der Waals surface area contributed by atoms with E-state index in [0.717, 1.165) is 12.3 Å². The highest BCUT2D eigenvalue weighted by Crippen LogP contribution is 1.98. The number of unbranched alkanes of at least 4 members (excludes halogenated alkanes) is 2. The molecule has 0 aromatic rings. The van der Waals surface area contributed by atoms with E-state index in [1.54, 1.807) is 11.9 Å². The third-order valence-corrected chi connectivity index (χ3v) is 1.89. The first kappa shape index (κ1) is 10.0. The Bertz CT molecular complexity index is 73.7. The summed E-state index contributed by atoms with van der Waals surface area (Å²) in [5.41, 5.74) is 0. The van der Waals surface area contributed by atoms with E-state index in [4.69, 9.17) is 0 Å². The second-order valence-electron chi connectivity index (χ2n) is 2.14. The first-order valence-corrected chi connectivity index (χ1v) is 4.75. The summed E-state index contributed by atoms with van der Waals surface area (Å²) in [5, 5.41) is 0. The lowest BCUT2D eigenvalue weighted by Crippen LogP contribution is -1.97. The van der Waals surface area contributed by atoms with Gasteiger partial charge in [-0.2, -0.15) is 4.72 Å². The Balaban J connectivity index is 2.70. The van der Waals surface area contributed by atoms with E-state index in [-0.39, 0.29) is 0 Å². The van der Waals surface area contributed by atoms with Gasteiger partial charge in [0.2, 0.25) is 0 Å². The lowest BCUT2D eigenvalue weighted by atomic mass is 10.3. The van der Waals surface area contributed by atoms with Crippen LogP contribution >= 0.6 is 11.9 Å². The molecule has 0 atom stereocenters. The van der Waals surface area contributed by atoms with Crippen molar-refractivity contribution >= 4 is 11.9 Å². The summed E-state index contributed by atoms with van der Waals surface area (Å²) in [6.45, 7) is 6.83. The Kier molecular flexibility index (Phi) is 9.10. The number of rotatable bonds is 7. The fourth-order valence-corrected chi connectivity index (χ4v) is 1.07. The molecule has 0 aliphatic rings. The van der Waals surface area contributed by atoms with Crippen molar-refractivity contribution in [3.05, 3.63) is 12.7 Å². The van der Waals surface area contributed by atoms with Gasteiger partial charge in [0, 0.05) is 12.3 Å². The van der Waals surface area contributed by atoms with Crippen LogP contribution in [0.3, 0.4) is 0 Å². The molecular formula is C8H16NS. The maximum absolute atomic E-state index is 4.24. The second kappa shape index (κ2) is 9.05. The van der Waals surface area contributed by atoms with Gasteiger partial charge in [-0.1, -0.05) is 37.8 Å². The smallest absolute Gasteiger partial charge is 0.0272 e. The minimum atomic E-state index is 0.951. The fourth-order valence-electron chi connectivity index (χ4n) is 0.596. The van der Waals surface area contributed by atoms with Crippen LogP contribution in [0.15, 0.2) is 12.7 Å². The molecular weight excluding hydrogens is 142 g/mol. The third-order valence-electron chi connectivity index (χ3n) is 1.14. The zero-order valence-corrected chi connectivity index (χ0v) is 7.49. The van der Waals surface area contributed by atoms with Gasteiger partial charge in [-0.15, -0.1) is 6.58 Å². The molecule has 0 amide bonds. The predicted molar refractivity (Wildman–Crippen MR) is 49.2 cm³/mol. The monoisotopic (exact) mass is 158 g/mol. The van der Waals surface area contributed by atoms with Crippen molar-refractivity contribution in [2.24, 2.45) is 0 Å². The lowest BCUT2D eigenvalue weighted by Gasteiger charge is -1.96. The number of nitrogens with zero attached hydrogens (tertiary/aromatic N) is 1. The highest BCUT2D eigenvalue weighted by atomic mass is 32.2. The van der Waals surface area contributed by atoms with Crippen LogP contribution in [0.4, 0.5) is 0 Å². The molecule has 0 saturated heterocycles. The number of hydrogen-bond donors (Lipinski definition) is 0. The molecule has 2 heteroatoms. The first-order valence-electron chi connectivity index (χ1n) is 3.81. The van der Waals surface area contributed by atoms with Crippen LogP contribution in [0.25, 0.3) is 0 Å². The van der Waals surface area contributed by atoms with Crippen LogP contribution < -0.4 is 4.72 Å².